The largest absolute Gasteiger partial charge is 0.371 e. The molecule has 0 bridgehead atoms. The first kappa shape index (κ1) is 13.9. The van der Waals surface area contributed by atoms with Crippen molar-refractivity contribution in [2.24, 2.45) is 11.1 Å². The lowest BCUT2D eigenvalue weighted by Gasteiger charge is -2.28. The highest BCUT2D eigenvalue weighted by atomic mass is 79.9. The van der Waals surface area contributed by atoms with Gasteiger partial charge in [0.2, 0.25) is 0 Å². The summed E-state index contributed by atoms with van der Waals surface area (Å²) in [6, 6.07) is 6.47. The predicted octanol–water partition coefficient (Wildman–Crippen LogP) is 3.92. The summed E-state index contributed by atoms with van der Waals surface area (Å²) in [4.78, 5) is 2.52. The van der Waals surface area contributed by atoms with Gasteiger partial charge in [-0.15, -0.1) is 0 Å². The molecule has 0 unspecified atom stereocenters. The van der Waals surface area contributed by atoms with E-state index in [2.05, 4.69) is 52.9 Å². The van der Waals surface area contributed by atoms with Gasteiger partial charge in [0.25, 0.3) is 0 Å². The topological polar surface area (TPSA) is 29.3 Å². The third kappa shape index (κ3) is 2.57. The highest BCUT2D eigenvalue weighted by Crippen LogP contribution is 2.40. The van der Waals surface area contributed by atoms with Crippen LogP contribution in [0.2, 0.25) is 0 Å². The molecule has 0 saturated carbocycles. The van der Waals surface area contributed by atoms with Crippen molar-refractivity contribution in [3.63, 3.8) is 0 Å². The van der Waals surface area contributed by atoms with E-state index in [1.165, 1.54) is 37.1 Å². The Bertz CT molecular complexity index is 413. The SMILES string of the molecule is CCC1(CC)CCN(c2ccc(Br)cc2CN)C1. The van der Waals surface area contributed by atoms with E-state index < -0.39 is 0 Å². The van der Waals surface area contributed by atoms with Crippen LogP contribution in [0.5, 0.6) is 0 Å². The number of benzene rings is 1. The van der Waals surface area contributed by atoms with Crippen molar-refractivity contribution in [3.05, 3.63) is 28.2 Å². The van der Waals surface area contributed by atoms with Crippen LogP contribution in [0.4, 0.5) is 5.69 Å². The first-order valence-corrected chi connectivity index (χ1v) is 7.67. The van der Waals surface area contributed by atoms with Crippen LogP contribution in [0, 0.1) is 5.41 Å². The van der Waals surface area contributed by atoms with Crippen LogP contribution in [-0.2, 0) is 6.54 Å². The zero-order chi connectivity index (χ0) is 13.2. The molecule has 3 heteroatoms. The number of rotatable bonds is 4. The molecule has 1 heterocycles. The van der Waals surface area contributed by atoms with Gasteiger partial charge in [0.05, 0.1) is 0 Å². The fourth-order valence-corrected chi connectivity index (χ4v) is 3.40. The van der Waals surface area contributed by atoms with Crippen molar-refractivity contribution < 1.29 is 0 Å². The van der Waals surface area contributed by atoms with Gasteiger partial charge in [-0.05, 0) is 48.4 Å². The summed E-state index contributed by atoms with van der Waals surface area (Å²) in [5.41, 5.74) is 8.95. The van der Waals surface area contributed by atoms with Crippen molar-refractivity contribution >= 4 is 21.6 Å². The van der Waals surface area contributed by atoms with Crippen LogP contribution in [0.25, 0.3) is 0 Å². The molecule has 1 aliphatic heterocycles. The van der Waals surface area contributed by atoms with Crippen LogP contribution in [-0.4, -0.2) is 13.1 Å². The van der Waals surface area contributed by atoms with Gasteiger partial charge in [0, 0.05) is 29.8 Å². The van der Waals surface area contributed by atoms with E-state index in [4.69, 9.17) is 5.73 Å². The summed E-state index contributed by atoms with van der Waals surface area (Å²) in [5.74, 6) is 0. The molecule has 2 N–H and O–H groups in total. The van der Waals surface area contributed by atoms with Crippen molar-refractivity contribution in [3.8, 4) is 0 Å². The minimum absolute atomic E-state index is 0.513. The second kappa shape index (κ2) is 5.62. The van der Waals surface area contributed by atoms with Crippen LogP contribution < -0.4 is 10.6 Å². The van der Waals surface area contributed by atoms with Gasteiger partial charge in [-0.3, -0.25) is 0 Å². The molecule has 0 aromatic heterocycles. The fourth-order valence-electron chi connectivity index (χ4n) is 2.99. The lowest BCUT2D eigenvalue weighted by Crippen LogP contribution is -2.27. The van der Waals surface area contributed by atoms with Gasteiger partial charge in [0.1, 0.15) is 0 Å². The van der Waals surface area contributed by atoms with Crippen LogP contribution in [0.1, 0.15) is 38.7 Å². The Balaban J connectivity index is 2.24. The molecular formula is C15H23BrN2. The molecule has 2 rings (SSSR count). The van der Waals surface area contributed by atoms with Crippen LogP contribution >= 0.6 is 15.9 Å². The van der Waals surface area contributed by atoms with E-state index in [0.29, 0.717) is 12.0 Å². The maximum absolute atomic E-state index is 5.87. The summed E-state index contributed by atoms with van der Waals surface area (Å²) in [6.45, 7) is 7.58. The summed E-state index contributed by atoms with van der Waals surface area (Å²) in [7, 11) is 0. The summed E-state index contributed by atoms with van der Waals surface area (Å²) in [6.07, 6.45) is 3.85. The first-order valence-electron chi connectivity index (χ1n) is 6.87. The minimum atomic E-state index is 0.513. The molecule has 1 aromatic rings. The standard InChI is InChI=1S/C15H23BrN2/c1-3-15(4-2)7-8-18(11-15)14-6-5-13(16)9-12(14)10-17/h5-6,9H,3-4,7-8,10-11,17H2,1-2H3. The Labute approximate surface area is 119 Å². The molecule has 18 heavy (non-hydrogen) atoms. The van der Waals surface area contributed by atoms with Gasteiger partial charge in [0.15, 0.2) is 0 Å². The molecule has 1 saturated heterocycles. The smallest absolute Gasteiger partial charge is 0.0412 e. The van der Waals surface area contributed by atoms with Crippen LogP contribution in [0.3, 0.4) is 0 Å². The maximum Gasteiger partial charge on any atom is 0.0412 e. The summed E-state index contributed by atoms with van der Waals surface area (Å²) >= 11 is 3.52. The van der Waals surface area contributed by atoms with Gasteiger partial charge in [-0.2, -0.15) is 0 Å². The van der Waals surface area contributed by atoms with E-state index in [1.54, 1.807) is 0 Å². The van der Waals surface area contributed by atoms with Crippen molar-refractivity contribution in [1.82, 2.24) is 0 Å². The highest BCUT2D eigenvalue weighted by molar-refractivity contribution is 9.10. The lowest BCUT2D eigenvalue weighted by atomic mass is 9.82. The summed E-state index contributed by atoms with van der Waals surface area (Å²) in [5, 5.41) is 0. The molecule has 1 aromatic carbocycles. The average molecular weight is 311 g/mol. The van der Waals surface area contributed by atoms with E-state index in [9.17, 15) is 0 Å². The molecule has 0 radical (unpaired) electrons. The monoisotopic (exact) mass is 310 g/mol. The van der Waals surface area contributed by atoms with Crippen molar-refractivity contribution in [2.45, 2.75) is 39.7 Å². The second-order valence-electron chi connectivity index (χ2n) is 5.36. The molecule has 100 valence electrons. The molecular weight excluding hydrogens is 288 g/mol. The fraction of sp³-hybridized carbons (Fsp3) is 0.600. The predicted molar refractivity (Wildman–Crippen MR) is 81.9 cm³/mol. The molecule has 0 atom stereocenters. The quantitative estimate of drug-likeness (QED) is 0.913. The van der Waals surface area contributed by atoms with E-state index in [-0.39, 0.29) is 0 Å². The molecule has 2 nitrogen and oxygen atoms in total. The van der Waals surface area contributed by atoms with Crippen molar-refractivity contribution in [2.75, 3.05) is 18.0 Å². The Kier molecular flexibility index (Phi) is 4.33. The Hall–Kier alpha value is -0.540. The van der Waals surface area contributed by atoms with Gasteiger partial charge in [-0.1, -0.05) is 29.8 Å². The Morgan fingerprint density at radius 1 is 1.33 bits per heavy atom. The number of halogens is 1. The number of nitrogens with two attached hydrogens (primary N) is 1. The molecule has 1 aliphatic rings. The molecule has 0 aliphatic carbocycles. The maximum atomic E-state index is 5.87. The van der Waals surface area contributed by atoms with E-state index in [1.807, 2.05) is 0 Å². The van der Waals surface area contributed by atoms with Gasteiger partial charge < -0.3 is 10.6 Å². The number of nitrogens with zero attached hydrogens (tertiary/aromatic N) is 1. The number of anilines is 1. The minimum Gasteiger partial charge on any atom is -0.371 e. The number of hydrogen-bond acceptors (Lipinski definition) is 2. The van der Waals surface area contributed by atoms with Crippen molar-refractivity contribution in [1.29, 1.82) is 0 Å². The molecule has 1 fully saturated rings. The lowest BCUT2D eigenvalue weighted by molar-refractivity contribution is 0.301. The van der Waals surface area contributed by atoms with Gasteiger partial charge >= 0.3 is 0 Å². The van der Waals surface area contributed by atoms with E-state index >= 15 is 0 Å². The Morgan fingerprint density at radius 3 is 2.61 bits per heavy atom. The van der Waals surface area contributed by atoms with Crippen LogP contribution in [0.15, 0.2) is 22.7 Å². The first-order chi connectivity index (χ1) is 8.64. The molecule has 0 spiro atoms. The third-order valence-corrected chi connectivity index (χ3v) is 5.03. The number of hydrogen-bond donors (Lipinski definition) is 1. The van der Waals surface area contributed by atoms with E-state index in [0.717, 1.165) is 11.0 Å². The zero-order valence-electron chi connectivity index (χ0n) is 11.4. The second-order valence-corrected chi connectivity index (χ2v) is 6.27. The zero-order valence-corrected chi connectivity index (χ0v) is 13.0. The molecule has 0 amide bonds. The normalized spacial score (nSPS) is 18.3. The Morgan fingerprint density at radius 2 is 2.06 bits per heavy atom. The highest BCUT2D eigenvalue weighted by Gasteiger charge is 2.35. The average Bonchev–Trinajstić information content (AvgIpc) is 2.83. The third-order valence-electron chi connectivity index (χ3n) is 4.54. The van der Waals surface area contributed by atoms with Gasteiger partial charge in [-0.25, -0.2) is 0 Å². The summed E-state index contributed by atoms with van der Waals surface area (Å²) < 4.78 is 1.11.